The Morgan fingerprint density at radius 3 is 2.36 bits per heavy atom. The van der Waals surface area contributed by atoms with E-state index >= 15 is 0 Å². The Labute approximate surface area is 132 Å². The maximum Gasteiger partial charge on any atom is 0.387 e. The number of ether oxygens (including phenoxy) is 2. The Morgan fingerprint density at radius 2 is 1.73 bits per heavy atom. The highest BCUT2D eigenvalue weighted by molar-refractivity contribution is 7.80. The van der Waals surface area contributed by atoms with Gasteiger partial charge in [0, 0.05) is 5.69 Å². The van der Waals surface area contributed by atoms with E-state index in [-0.39, 0.29) is 5.75 Å². The first-order chi connectivity index (χ1) is 10.6. The van der Waals surface area contributed by atoms with E-state index in [2.05, 4.69) is 15.4 Å². The first-order valence-electron chi connectivity index (χ1n) is 6.34. The van der Waals surface area contributed by atoms with Crippen LogP contribution in [0.3, 0.4) is 0 Å². The minimum absolute atomic E-state index is 0.0872. The maximum atomic E-state index is 12.1. The quantitative estimate of drug-likeness (QED) is 0.810. The van der Waals surface area contributed by atoms with Crippen molar-refractivity contribution in [2.75, 3.05) is 17.7 Å². The second-order valence-electron chi connectivity index (χ2n) is 4.18. The molecule has 2 rings (SSSR count). The lowest BCUT2D eigenvalue weighted by Crippen LogP contribution is -2.19. The van der Waals surface area contributed by atoms with Crippen molar-refractivity contribution in [3.63, 3.8) is 0 Å². The Bertz CT molecular complexity index is 636. The Hall–Kier alpha value is -2.41. The summed E-state index contributed by atoms with van der Waals surface area (Å²) in [6.07, 6.45) is 0. The molecule has 0 heterocycles. The molecular formula is C15H14F2N2O2S. The smallest absolute Gasteiger partial charge is 0.387 e. The summed E-state index contributed by atoms with van der Waals surface area (Å²) in [5, 5.41) is 6.30. The number of methoxy groups -OCH3 is 1. The minimum Gasteiger partial charge on any atom is -0.495 e. The molecule has 4 nitrogen and oxygen atoms in total. The molecule has 2 aromatic rings. The molecule has 0 aromatic heterocycles. The number of rotatable bonds is 5. The van der Waals surface area contributed by atoms with Gasteiger partial charge in [0.15, 0.2) is 5.11 Å². The molecule has 0 bridgehead atoms. The number of halogens is 2. The molecule has 22 heavy (non-hydrogen) atoms. The van der Waals surface area contributed by atoms with Gasteiger partial charge in [-0.1, -0.05) is 12.1 Å². The molecule has 0 atom stereocenters. The van der Waals surface area contributed by atoms with E-state index in [1.165, 1.54) is 12.1 Å². The van der Waals surface area contributed by atoms with Crippen LogP contribution >= 0.6 is 12.2 Å². The van der Waals surface area contributed by atoms with Crippen molar-refractivity contribution in [3.8, 4) is 11.5 Å². The molecule has 0 fully saturated rings. The number of benzene rings is 2. The molecule has 2 aromatic carbocycles. The zero-order chi connectivity index (χ0) is 15.9. The Kier molecular flexibility index (Phi) is 5.48. The third-order valence-electron chi connectivity index (χ3n) is 2.69. The van der Waals surface area contributed by atoms with Crippen molar-refractivity contribution in [3.05, 3.63) is 48.5 Å². The van der Waals surface area contributed by atoms with Crippen molar-refractivity contribution in [1.82, 2.24) is 0 Å². The highest BCUT2D eigenvalue weighted by Crippen LogP contribution is 2.23. The van der Waals surface area contributed by atoms with Crippen LogP contribution in [-0.4, -0.2) is 18.8 Å². The number of thiocarbonyl (C=S) groups is 1. The molecular weight excluding hydrogens is 310 g/mol. The second kappa shape index (κ2) is 7.56. The first-order valence-corrected chi connectivity index (χ1v) is 6.75. The van der Waals surface area contributed by atoms with Crippen LogP contribution in [0, 0.1) is 0 Å². The topological polar surface area (TPSA) is 42.5 Å². The lowest BCUT2D eigenvalue weighted by molar-refractivity contribution is -0.0498. The summed E-state index contributed by atoms with van der Waals surface area (Å²) in [7, 11) is 1.57. The highest BCUT2D eigenvalue weighted by atomic mass is 32.1. The number of hydrogen-bond donors (Lipinski definition) is 2. The van der Waals surface area contributed by atoms with Gasteiger partial charge in [-0.05, 0) is 48.6 Å². The van der Waals surface area contributed by atoms with Gasteiger partial charge in [0.1, 0.15) is 11.5 Å². The van der Waals surface area contributed by atoms with Gasteiger partial charge in [0.25, 0.3) is 0 Å². The SMILES string of the molecule is COc1ccccc1NC(=S)Nc1ccc(OC(F)F)cc1. The van der Waals surface area contributed by atoms with E-state index in [0.717, 1.165) is 5.69 Å². The van der Waals surface area contributed by atoms with Crippen LogP contribution < -0.4 is 20.1 Å². The number of anilines is 2. The standard InChI is InChI=1S/C15H14F2N2O2S/c1-20-13-5-3-2-4-12(13)19-15(22)18-10-6-8-11(9-7-10)21-14(16)17/h2-9,14H,1H3,(H2,18,19,22). The van der Waals surface area contributed by atoms with Crippen molar-refractivity contribution < 1.29 is 18.3 Å². The molecule has 0 radical (unpaired) electrons. The van der Waals surface area contributed by atoms with Gasteiger partial charge in [0.2, 0.25) is 0 Å². The van der Waals surface area contributed by atoms with Gasteiger partial charge in [-0.3, -0.25) is 0 Å². The number of hydrogen-bond acceptors (Lipinski definition) is 3. The summed E-state index contributed by atoms with van der Waals surface area (Å²) in [6, 6.07) is 13.4. The predicted octanol–water partition coefficient (Wildman–Crippen LogP) is 4.11. The van der Waals surface area contributed by atoms with Gasteiger partial charge in [-0.25, -0.2) is 0 Å². The van der Waals surface area contributed by atoms with Crippen molar-refractivity contribution in [2.24, 2.45) is 0 Å². The largest absolute Gasteiger partial charge is 0.495 e. The number of para-hydroxylation sites is 2. The normalized spacial score (nSPS) is 10.2. The summed E-state index contributed by atoms with van der Waals surface area (Å²) in [4.78, 5) is 0. The molecule has 0 spiro atoms. The Balaban J connectivity index is 1.97. The van der Waals surface area contributed by atoms with E-state index in [4.69, 9.17) is 17.0 Å². The summed E-state index contributed by atoms with van der Waals surface area (Å²) in [5.74, 6) is 0.747. The molecule has 0 saturated carbocycles. The van der Waals surface area contributed by atoms with E-state index in [9.17, 15) is 8.78 Å². The molecule has 0 aliphatic carbocycles. The van der Waals surface area contributed by atoms with Gasteiger partial charge in [-0.15, -0.1) is 0 Å². The summed E-state index contributed by atoms with van der Waals surface area (Å²) < 4.78 is 33.6. The van der Waals surface area contributed by atoms with E-state index in [0.29, 0.717) is 16.5 Å². The molecule has 0 aliphatic rings. The third-order valence-corrected chi connectivity index (χ3v) is 2.90. The van der Waals surface area contributed by atoms with Gasteiger partial charge >= 0.3 is 6.61 Å². The fourth-order valence-corrected chi connectivity index (χ4v) is 1.98. The van der Waals surface area contributed by atoms with E-state index in [1.54, 1.807) is 25.3 Å². The fraction of sp³-hybridized carbons (Fsp3) is 0.133. The maximum absolute atomic E-state index is 12.1. The van der Waals surface area contributed by atoms with Crippen LogP contribution in [0.5, 0.6) is 11.5 Å². The van der Waals surface area contributed by atoms with E-state index in [1.807, 2.05) is 18.2 Å². The molecule has 2 N–H and O–H groups in total. The van der Waals surface area contributed by atoms with Crippen LogP contribution in [0.2, 0.25) is 0 Å². The monoisotopic (exact) mass is 324 g/mol. The highest BCUT2D eigenvalue weighted by Gasteiger charge is 2.06. The molecule has 7 heteroatoms. The predicted molar refractivity (Wildman–Crippen MR) is 85.9 cm³/mol. The molecule has 0 amide bonds. The lowest BCUT2D eigenvalue weighted by atomic mass is 10.3. The number of alkyl halides is 2. The molecule has 0 saturated heterocycles. The second-order valence-corrected chi connectivity index (χ2v) is 4.59. The average molecular weight is 324 g/mol. The summed E-state index contributed by atoms with van der Waals surface area (Å²) in [5.41, 5.74) is 1.37. The van der Waals surface area contributed by atoms with Gasteiger partial charge < -0.3 is 20.1 Å². The number of nitrogens with one attached hydrogen (secondary N) is 2. The fourth-order valence-electron chi connectivity index (χ4n) is 1.75. The van der Waals surface area contributed by atoms with Crippen LogP contribution in [0.25, 0.3) is 0 Å². The van der Waals surface area contributed by atoms with E-state index < -0.39 is 6.61 Å². The van der Waals surface area contributed by atoms with Gasteiger partial charge in [-0.2, -0.15) is 8.78 Å². The van der Waals surface area contributed by atoms with Crippen molar-refractivity contribution in [1.29, 1.82) is 0 Å². The first kappa shape index (κ1) is 16.0. The van der Waals surface area contributed by atoms with Crippen molar-refractivity contribution >= 4 is 28.7 Å². The summed E-state index contributed by atoms with van der Waals surface area (Å²) >= 11 is 5.20. The van der Waals surface area contributed by atoms with Crippen LogP contribution in [0.1, 0.15) is 0 Å². The lowest BCUT2D eigenvalue weighted by Gasteiger charge is -2.13. The average Bonchev–Trinajstić information content (AvgIpc) is 2.49. The zero-order valence-corrected chi connectivity index (χ0v) is 12.5. The zero-order valence-electron chi connectivity index (χ0n) is 11.7. The van der Waals surface area contributed by atoms with Crippen LogP contribution in [0.15, 0.2) is 48.5 Å². The molecule has 0 aliphatic heterocycles. The van der Waals surface area contributed by atoms with Crippen LogP contribution in [-0.2, 0) is 0 Å². The van der Waals surface area contributed by atoms with Crippen molar-refractivity contribution in [2.45, 2.75) is 6.61 Å². The minimum atomic E-state index is -2.84. The third kappa shape index (κ3) is 4.56. The summed E-state index contributed by atoms with van der Waals surface area (Å²) in [6.45, 7) is -2.84. The van der Waals surface area contributed by atoms with Crippen LogP contribution in [0.4, 0.5) is 20.2 Å². The molecule has 116 valence electrons. The Morgan fingerprint density at radius 1 is 1.05 bits per heavy atom. The molecule has 0 unspecified atom stereocenters. The van der Waals surface area contributed by atoms with Gasteiger partial charge in [0.05, 0.1) is 12.8 Å².